The lowest BCUT2D eigenvalue weighted by molar-refractivity contribution is 0.0948. The number of benzene rings is 2. The number of aromatic nitrogens is 2. The Hall–Kier alpha value is -3.81. The number of carbonyl (C=O) groups is 1. The van der Waals surface area contributed by atoms with Crippen LogP contribution in [0.5, 0.6) is 17.2 Å². The van der Waals surface area contributed by atoms with Crippen LogP contribution in [0, 0.1) is 0 Å². The number of rotatable bonds is 7. The normalized spacial score (nSPS) is 11.8. The van der Waals surface area contributed by atoms with Gasteiger partial charge in [0.15, 0.2) is 23.0 Å². The van der Waals surface area contributed by atoms with Gasteiger partial charge in [-0.1, -0.05) is 12.1 Å². The lowest BCUT2D eigenvalue weighted by atomic mass is 10.1. The molecule has 148 valence electrons. The third-order valence-electron chi connectivity index (χ3n) is 4.38. The second-order valence-corrected chi connectivity index (χ2v) is 6.35. The fourth-order valence-electron chi connectivity index (χ4n) is 2.88. The summed E-state index contributed by atoms with van der Waals surface area (Å²) in [7, 11) is 1.63. The van der Waals surface area contributed by atoms with Gasteiger partial charge in [-0.15, -0.1) is 10.2 Å². The molecule has 1 aromatic heterocycles. The lowest BCUT2D eigenvalue weighted by Crippen LogP contribution is -2.26. The maximum Gasteiger partial charge on any atom is 0.271 e. The van der Waals surface area contributed by atoms with Crippen molar-refractivity contribution in [1.82, 2.24) is 15.5 Å². The first-order valence-electron chi connectivity index (χ1n) is 9.13. The van der Waals surface area contributed by atoms with Crippen molar-refractivity contribution in [2.45, 2.75) is 6.42 Å². The summed E-state index contributed by atoms with van der Waals surface area (Å²) in [6, 6.07) is 16.6. The third-order valence-corrected chi connectivity index (χ3v) is 4.38. The van der Waals surface area contributed by atoms with Crippen LogP contribution in [0.2, 0.25) is 0 Å². The summed E-state index contributed by atoms with van der Waals surface area (Å²) in [5.74, 6) is 2.44. The Kier molecular flexibility index (Phi) is 5.42. The van der Waals surface area contributed by atoms with E-state index < -0.39 is 0 Å². The van der Waals surface area contributed by atoms with E-state index in [1.807, 2.05) is 42.5 Å². The molecule has 2 aromatic carbocycles. The molecule has 0 bridgehead atoms. The van der Waals surface area contributed by atoms with E-state index in [9.17, 15) is 4.79 Å². The molecule has 0 spiro atoms. The topological polar surface area (TPSA) is 94.6 Å². The average Bonchev–Trinajstić information content (AvgIpc) is 3.22. The molecule has 4 rings (SSSR count). The van der Waals surface area contributed by atoms with E-state index in [-0.39, 0.29) is 18.4 Å². The smallest absolute Gasteiger partial charge is 0.271 e. The molecule has 2 heterocycles. The van der Waals surface area contributed by atoms with Gasteiger partial charge in [-0.2, -0.15) is 0 Å². The Labute approximate surface area is 167 Å². The van der Waals surface area contributed by atoms with Crippen molar-refractivity contribution in [2.24, 2.45) is 0 Å². The van der Waals surface area contributed by atoms with Gasteiger partial charge in [-0.25, -0.2) is 0 Å². The van der Waals surface area contributed by atoms with Crippen LogP contribution in [-0.4, -0.2) is 36.6 Å². The van der Waals surface area contributed by atoms with Crippen LogP contribution in [0.15, 0.2) is 54.6 Å². The highest BCUT2D eigenvalue weighted by molar-refractivity contribution is 5.92. The van der Waals surface area contributed by atoms with Gasteiger partial charge in [0.05, 0.1) is 7.11 Å². The zero-order valence-corrected chi connectivity index (χ0v) is 15.8. The summed E-state index contributed by atoms with van der Waals surface area (Å²) in [5.41, 5.74) is 2.13. The van der Waals surface area contributed by atoms with Crippen LogP contribution in [0.1, 0.15) is 16.1 Å². The Morgan fingerprint density at radius 2 is 1.97 bits per heavy atom. The molecule has 0 fully saturated rings. The molecule has 8 nitrogen and oxygen atoms in total. The number of nitrogens with one attached hydrogen (secondary N) is 2. The molecule has 8 heteroatoms. The summed E-state index contributed by atoms with van der Waals surface area (Å²) < 4.78 is 15.8. The Bertz CT molecular complexity index is 1010. The summed E-state index contributed by atoms with van der Waals surface area (Å²) in [6.07, 6.45) is 0.695. The molecule has 0 atom stereocenters. The zero-order valence-electron chi connectivity index (χ0n) is 15.8. The van der Waals surface area contributed by atoms with Gasteiger partial charge < -0.3 is 24.8 Å². The van der Waals surface area contributed by atoms with Crippen LogP contribution in [0.25, 0.3) is 0 Å². The molecule has 0 radical (unpaired) electrons. The Morgan fingerprint density at radius 1 is 1.07 bits per heavy atom. The number of methoxy groups -OCH3 is 1. The monoisotopic (exact) mass is 392 g/mol. The highest BCUT2D eigenvalue weighted by atomic mass is 16.7. The number of nitrogens with zero attached hydrogens (tertiary/aromatic N) is 2. The molecule has 3 aromatic rings. The van der Waals surface area contributed by atoms with Crippen molar-refractivity contribution < 1.29 is 19.0 Å². The molecular weight excluding hydrogens is 372 g/mol. The standard InChI is InChI=1S/C21H20N4O4/c1-27-16-4-2-3-14(11-16)9-10-22-21(26)17-6-8-20(25-24-17)23-15-5-7-18-19(12-15)29-13-28-18/h2-8,11-12H,9-10,13H2,1H3,(H,22,26)(H,23,25). The fraction of sp³-hybridized carbons (Fsp3) is 0.190. The number of hydrogen-bond acceptors (Lipinski definition) is 7. The Morgan fingerprint density at radius 3 is 2.79 bits per heavy atom. The lowest BCUT2D eigenvalue weighted by Gasteiger charge is -2.08. The highest BCUT2D eigenvalue weighted by Crippen LogP contribution is 2.34. The van der Waals surface area contributed by atoms with Crippen molar-refractivity contribution in [2.75, 3.05) is 25.8 Å². The number of amides is 1. The van der Waals surface area contributed by atoms with Crippen molar-refractivity contribution in [3.8, 4) is 17.2 Å². The van der Waals surface area contributed by atoms with Gasteiger partial charge in [-0.05, 0) is 48.4 Å². The summed E-state index contributed by atoms with van der Waals surface area (Å²) in [6.45, 7) is 0.713. The summed E-state index contributed by atoms with van der Waals surface area (Å²) in [5, 5.41) is 14.0. The first-order valence-corrected chi connectivity index (χ1v) is 9.13. The number of anilines is 2. The average molecular weight is 392 g/mol. The van der Waals surface area contributed by atoms with Crippen LogP contribution in [0.3, 0.4) is 0 Å². The summed E-state index contributed by atoms with van der Waals surface area (Å²) >= 11 is 0. The minimum atomic E-state index is -0.268. The molecule has 0 aliphatic carbocycles. The summed E-state index contributed by atoms with van der Waals surface area (Å²) in [4.78, 5) is 12.3. The quantitative estimate of drug-likeness (QED) is 0.638. The van der Waals surface area contributed by atoms with E-state index in [4.69, 9.17) is 14.2 Å². The van der Waals surface area contributed by atoms with Crippen molar-refractivity contribution in [3.05, 3.63) is 65.9 Å². The predicted octanol–water partition coefficient (Wildman–Crippen LogP) is 2.93. The van der Waals surface area contributed by atoms with Crippen molar-refractivity contribution in [3.63, 3.8) is 0 Å². The van der Waals surface area contributed by atoms with Gasteiger partial charge in [0.1, 0.15) is 5.75 Å². The van der Waals surface area contributed by atoms with Gasteiger partial charge >= 0.3 is 0 Å². The molecule has 29 heavy (non-hydrogen) atoms. The van der Waals surface area contributed by atoms with Gasteiger partial charge in [-0.3, -0.25) is 4.79 Å². The van der Waals surface area contributed by atoms with Crippen LogP contribution < -0.4 is 24.8 Å². The SMILES string of the molecule is COc1cccc(CCNC(=O)c2ccc(Nc3ccc4c(c3)OCO4)nn2)c1. The van der Waals surface area contributed by atoms with Crippen LogP contribution in [-0.2, 0) is 6.42 Å². The van der Waals surface area contributed by atoms with Crippen molar-refractivity contribution in [1.29, 1.82) is 0 Å². The number of ether oxygens (including phenoxy) is 3. The van der Waals surface area contributed by atoms with Gasteiger partial charge in [0.2, 0.25) is 6.79 Å². The molecular formula is C21H20N4O4. The predicted molar refractivity (Wildman–Crippen MR) is 107 cm³/mol. The van der Waals surface area contributed by atoms with E-state index >= 15 is 0 Å². The second-order valence-electron chi connectivity index (χ2n) is 6.35. The highest BCUT2D eigenvalue weighted by Gasteiger charge is 2.14. The Balaban J connectivity index is 1.30. The van der Waals surface area contributed by atoms with E-state index in [2.05, 4.69) is 20.8 Å². The molecule has 0 saturated heterocycles. The van der Waals surface area contributed by atoms with E-state index in [0.717, 1.165) is 17.0 Å². The molecule has 2 N–H and O–H groups in total. The second kappa shape index (κ2) is 8.47. The van der Waals surface area contributed by atoms with Gasteiger partial charge in [0, 0.05) is 18.3 Å². The fourth-order valence-corrected chi connectivity index (χ4v) is 2.88. The first kappa shape index (κ1) is 18.5. The number of carbonyl (C=O) groups excluding carboxylic acids is 1. The maximum atomic E-state index is 12.3. The van der Waals surface area contributed by atoms with Crippen molar-refractivity contribution >= 4 is 17.4 Å². The minimum Gasteiger partial charge on any atom is -0.497 e. The first-order chi connectivity index (χ1) is 14.2. The minimum absolute atomic E-state index is 0.222. The molecule has 1 aliphatic heterocycles. The maximum absolute atomic E-state index is 12.3. The van der Waals surface area contributed by atoms with E-state index in [1.54, 1.807) is 19.2 Å². The molecule has 0 saturated carbocycles. The van der Waals surface area contributed by atoms with Gasteiger partial charge in [0.25, 0.3) is 5.91 Å². The zero-order chi connectivity index (χ0) is 20.1. The molecule has 1 amide bonds. The largest absolute Gasteiger partial charge is 0.497 e. The van der Waals surface area contributed by atoms with E-state index in [0.29, 0.717) is 30.3 Å². The number of fused-ring (bicyclic) bond motifs is 1. The third kappa shape index (κ3) is 4.55. The molecule has 0 unspecified atom stereocenters. The van der Waals surface area contributed by atoms with Crippen LogP contribution in [0.4, 0.5) is 11.5 Å². The van der Waals surface area contributed by atoms with Crippen LogP contribution >= 0.6 is 0 Å². The molecule has 1 aliphatic rings. The number of hydrogen-bond donors (Lipinski definition) is 2. The van der Waals surface area contributed by atoms with E-state index in [1.165, 1.54) is 0 Å².